The zero-order valence-electron chi connectivity index (χ0n) is 10.1. The lowest BCUT2D eigenvalue weighted by Gasteiger charge is -2.07. The first-order chi connectivity index (χ1) is 8.65. The van der Waals surface area contributed by atoms with Crippen molar-refractivity contribution in [3.8, 4) is 0 Å². The number of benzene rings is 1. The van der Waals surface area contributed by atoms with Gasteiger partial charge in [0.25, 0.3) is 0 Å². The molecule has 4 heteroatoms. The summed E-state index contributed by atoms with van der Waals surface area (Å²) >= 11 is 7.55. The van der Waals surface area contributed by atoms with Crippen LogP contribution in [0.4, 0.5) is 0 Å². The third-order valence-electron chi connectivity index (χ3n) is 2.58. The molecule has 0 amide bonds. The highest BCUT2D eigenvalue weighted by Crippen LogP contribution is 2.23. The fourth-order valence-electron chi connectivity index (χ4n) is 1.52. The van der Waals surface area contributed by atoms with Crippen molar-refractivity contribution in [2.24, 2.45) is 5.73 Å². The molecule has 2 nitrogen and oxygen atoms in total. The van der Waals surface area contributed by atoms with Crippen LogP contribution in [0.15, 0.2) is 47.6 Å². The molecule has 0 aliphatic rings. The molecule has 0 radical (unpaired) electrons. The molecule has 94 valence electrons. The summed E-state index contributed by atoms with van der Waals surface area (Å²) < 4.78 is 0. The molecule has 18 heavy (non-hydrogen) atoms. The van der Waals surface area contributed by atoms with Gasteiger partial charge in [0.2, 0.25) is 0 Å². The number of hydrogen-bond acceptors (Lipinski definition) is 3. The molecule has 0 aliphatic carbocycles. The van der Waals surface area contributed by atoms with E-state index in [1.54, 1.807) is 11.8 Å². The van der Waals surface area contributed by atoms with Gasteiger partial charge < -0.3 is 5.73 Å². The van der Waals surface area contributed by atoms with E-state index in [0.717, 1.165) is 21.4 Å². The van der Waals surface area contributed by atoms with Crippen LogP contribution >= 0.6 is 23.4 Å². The van der Waals surface area contributed by atoms with Crippen LogP contribution < -0.4 is 5.73 Å². The summed E-state index contributed by atoms with van der Waals surface area (Å²) in [6.07, 6.45) is 1.81. The Morgan fingerprint density at radius 1 is 1.28 bits per heavy atom. The molecule has 0 bridgehead atoms. The van der Waals surface area contributed by atoms with E-state index in [1.165, 1.54) is 5.56 Å². The van der Waals surface area contributed by atoms with Crippen LogP contribution in [0.25, 0.3) is 0 Å². The number of pyridine rings is 1. The van der Waals surface area contributed by atoms with Crippen molar-refractivity contribution in [2.75, 3.05) is 0 Å². The monoisotopic (exact) mass is 278 g/mol. The smallest absolute Gasteiger partial charge is 0.0966 e. The first-order valence-electron chi connectivity index (χ1n) is 5.74. The Labute approximate surface area is 117 Å². The minimum atomic E-state index is 0.0443. The van der Waals surface area contributed by atoms with E-state index in [2.05, 4.69) is 4.98 Å². The minimum Gasteiger partial charge on any atom is -0.324 e. The number of rotatable bonds is 4. The Morgan fingerprint density at radius 2 is 2.00 bits per heavy atom. The van der Waals surface area contributed by atoms with Gasteiger partial charge in [0.05, 0.1) is 5.03 Å². The molecule has 2 rings (SSSR count). The molecule has 0 fully saturated rings. The molecular weight excluding hydrogens is 264 g/mol. The fourth-order valence-corrected chi connectivity index (χ4v) is 2.51. The van der Waals surface area contributed by atoms with E-state index >= 15 is 0 Å². The molecule has 0 aliphatic heterocycles. The zero-order valence-corrected chi connectivity index (χ0v) is 11.7. The summed E-state index contributed by atoms with van der Waals surface area (Å²) in [5.74, 6) is 0.882. The fraction of sp³-hybridized carbons (Fsp3) is 0.214. The Hall–Kier alpha value is -1.03. The quantitative estimate of drug-likeness (QED) is 0.858. The Bertz CT molecular complexity index is 511. The van der Waals surface area contributed by atoms with Crippen LogP contribution in [-0.4, -0.2) is 4.98 Å². The average Bonchev–Trinajstić information content (AvgIpc) is 2.38. The molecule has 1 heterocycles. The summed E-state index contributed by atoms with van der Waals surface area (Å²) in [6, 6.07) is 11.9. The first-order valence-corrected chi connectivity index (χ1v) is 7.10. The topological polar surface area (TPSA) is 38.9 Å². The lowest BCUT2D eigenvalue weighted by molar-refractivity contribution is 0.808. The van der Waals surface area contributed by atoms with Crippen LogP contribution in [0.3, 0.4) is 0 Å². The van der Waals surface area contributed by atoms with Gasteiger partial charge in [-0.05, 0) is 42.3 Å². The van der Waals surface area contributed by atoms with Crippen molar-refractivity contribution in [1.29, 1.82) is 0 Å². The van der Waals surface area contributed by atoms with Crippen LogP contribution in [0, 0.1) is 0 Å². The van der Waals surface area contributed by atoms with Gasteiger partial charge in [0.15, 0.2) is 0 Å². The van der Waals surface area contributed by atoms with Crippen LogP contribution in [0.5, 0.6) is 0 Å². The van der Waals surface area contributed by atoms with E-state index < -0.39 is 0 Å². The highest BCUT2D eigenvalue weighted by molar-refractivity contribution is 7.98. The molecule has 2 N–H and O–H groups in total. The molecule has 1 atom stereocenters. The maximum atomic E-state index is 5.85. The number of halogens is 1. The van der Waals surface area contributed by atoms with Gasteiger partial charge in [-0.1, -0.05) is 23.7 Å². The Kier molecular flexibility index (Phi) is 4.64. The molecule has 1 aromatic heterocycles. The van der Waals surface area contributed by atoms with Gasteiger partial charge in [-0.3, -0.25) is 0 Å². The maximum absolute atomic E-state index is 5.85. The summed E-state index contributed by atoms with van der Waals surface area (Å²) in [5, 5.41) is 1.76. The maximum Gasteiger partial charge on any atom is 0.0966 e. The summed E-state index contributed by atoms with van der Waals surface area (Å²) in [5.41, 5.74) is 8.20. The zero-order chi connectivity index (χ0) is 13.0. The third-order valence-corrected chi connectivity index (χ3v) is 3.83. The van der Waals surface area contributed by atoms with Gasteiger partial charge >= 0.3 is 0 Å². The van der Waals surface area contributed by atoms with Crippen molar-refractivity contribution < 1.29 is 0 Å². The molecule has 0 saturated carbocycles. The Morgan fingerprint density at radius 3 is 2.67 bits per heavy atom. The van der Waals surface area contributed by atoms with Crippen molar-refractivity contribution in [1.82, 2.24) is 4.98 Å². The Balaban J connectivity index is 2.01. The predicted molar refractivity (Wildman–Crippen MR) is 77.9 cm³/mol. The number of thioether (sulfide) groups is 1. The standard InChI is InChI=1S/C14H15ClN2S/c1-10(16)12-6-7-17-14(8-12)18-9-11-2-4-13(15)5-3-11/h2-8,10H,9,16H2,1H3/t10-/m1/s1. The van der Waals surface area contributed by atoms with Crippen LogP contribution in [-0.2, 0) is 5.75 Å². The van der Waals surface area contributed by atoms with Crippen molar-refractivity contribution in [3.05, 3.63) is 58.7 Å². The third kappa shape index (κ3) is 3.73. The molecule has 2 aromatic rings. The minimum absolute atomic E-state index is 0.0443. The largest absolute Gasteiger partial charge is 0.324 e. The molecule has 1 aromatic carbocycles. The van der Waals surface area contributed by atoms with E-state index in [4.69, 9.17) is 17.3 Å². The average molecular weight is 279 g/mol. The summed E-state index contributed by atoms with van der Waals surface area (Å²) in [6.45, 7) is 1.98. The highest BCUT2D eigenvalue weighted by Gasteiger charge is 2.02. The van der Waals surface area contributed by atoms with Crippen molar-refractivity contribution in [3.63, 3.8) is 0 Å². The second-order valence-electron chi connectivity index (χ2n) is 4.13. The van der Waals surface area contributed by atoms with Gasteiger partial charge in [-0.25, -0.2) is 4.98 Å². The second-order valence-corrected chi connectivity index (χ2v) is 5.56. The summed E-state index contributed by atoms with van der Waals surface area (Å²) in [4.78, 5) is 4.34. The van der Waals surface area contributed by atoms with Gasteiger partial charge in [-0.2, -0.15) is 0 Å². The number of nitrogens with two attached hydrogens (primary N) is 1. The highest BCUT2D eigenvalue weighted by atomic mass is 35.5. The van der Waals surface area contributed by atoms with Gasteiger partial charge in [0.1, 0.15) is 0 Å². The van der Waals surface area contributed by atoms with Gasteiger partial charge in [0, 0.05) is 23.0 Å². The SMILES string of the molecule is C[C@@H](N)c1ccnc(SCc2ccc(Cl)cc2)c1. The number of aromatic nitrogens is 1. The van der Waals surface area contributed by atoms with Crippen LogP contribution in [0.1, 0.15) is 24.1 Å². The van der Waals surface area contributed by atoms with E-state index in [1.807, 2.05) is 49.5 Å². The number of hydrogen-bond donors (Lipinski definition) is 1. The van der Waals surface area contributed by atoms with Crippen LogP contribution in [0.2, 0.25) is 5.02 Å². The summed E-state index contributed by atoms with van der Waals surface area (Å²) in [7, 11) is 0. The van der Waals surface area contributed by atoms with Gasteiger partial charge in [-0.15, -0.1) is 11.8 Å². The molecular formula is C14H15ClN2S. The van der Waals surface area contributed by atoms with Crippen molar-refractivity contribution >= 4 is 23.4 Å². The lowest BCUT2D eigenvalue weighted by Crippen LogP contribution is -2.04. The molecule has 0 spiro atoms. The number of nitrogens with zero attached hydrogens (tertiary/aromatic N) is 1. The van der Waals surface area contributed by atoms with E-state index in [9.17, 15) is 0 Å². The van der Waals surface area contributed by atoms with E-state index in [0.29, 0.717) is 0 Å². The predicted octanol–water partition coefficient (Wildman–Crippen LogP) is 4.05. The van der Waals surface area contributed by atoms with Crippen molar-refractivity contribution in [2.45, 2.75) is 23.7 Å². The molecule has 0 unspecified atom stereocenters. The second kappa shape index (κ2) is 6.23. The first kappa shape index (κ1) is 13.4. The molecule has 0 saturated heterocycles. The van der Waals surface area contributed by atoms with E-state index in [-0.39, 0.29) is 6.04 Å². The lowest BCUT2D eigenvalue weighted by atomic mass is 10.1. The normalized spacial score (nSPS) is 12.4.